The van der Waals surface area contributed by atoms with Crippen molar-refractivity contribution in [1.82, 2.24) is 15.1 Å². The molecule has 0 saturated carbocycles. The summed E-state index contributed by atoms with van der Waals surface area (Å²) in [5, 5.41) is 15.2. The number of hydrogen-bond acceptors (Lipinski definition) is 3. The Morgan fingerprint density at radius 3 is 2.57 bits per heavy atom. The van der Waals surface area contributed by atoms with Crippen LogP contribution in [0.3, 0.4) is 0 Å². The number of aromatic nitrogens is 2. The summed E-state index contributed by atoms with van der Waals surface area (Å²) in [6, 6.07) is 1.33. The number of H-pyrrole nitrogens is 1. The molecule has 116 valence electrons. The van der Waals surface area contributed by atoms with Gasteiger partial charge in [0.25, 0.3) is 5.91 Å². The molecule has 1 aromatic rings. The summed E-state index contributed by atoms with van der Waals surface area (Å²) in [5.74, 6) is -1.26. The Bertz CT molecular complexity index is 518. The summed E-state index contributed by atoms with van der Waals surface area (Å²) < 4.78 is 0. The van der Waals surface area contributed by atoms with Gasteiger partial charge in [0.1, 0.15) is 5.69 Å². The zero-order valence-electron chi connectivity index (χ0n) is 12.7. The van der Waals surface area contributed by atoms with Crippen LogP contribution in [0.15, 0.2) is 6.07 Å². The van der Waals surface area contributed by atoms with E-state index in [9.17, 15) is 9.59 Å². The lowest BCUT2D eigenvalue weighted by molar-refractivity contribution is 0.0543. The van der Waals surface area contributed by atoms with Gasteiger partial charge in [-0.25, -0.2) is 4.79 Å². The van der Waals surface area contributed by atoms with Crippen molar-refractivity contribution in [3.05, 3.63) is 17.5 Å². The van der Waals surface area contributed by atoms with Crippen LogP contribution < -0.4 is 0 Å². The van der Waals surface area contributed by atoms with Crippen molar-refractivity contribution in [1.29, 1.82) is 0 Å². The average Bonchev–Trinajstić information content (AvgIpc) is 3.06. The van der Waals surface area contributed by atoms with Gasteiger partial charge in [0.15, 0.2) is 5.69 Å². The van der Waals surface area contributed by atoms with E-state index in [1.807, 2.05) is 4.90 Å². The molecule has 1 fully saturated rings. The first-order valence-electron chi connectivity index (χ1n) is 7.64. The quantitative estimate of drug-likeness (QED) is 0.844. The zero-order valence-corrected chi connectivity index (χ0v) is 12.7. The molecule has 1 aliphatic heterocycles. The Morgan fingerprint density at radius 2 is 2.05 bits per heavy atom. The molecular formula is C15H23N3O3. The van der Waals surface area contributed by atoms with Crippen LogP contribution in [-0.4, -0.2) is 44.2 Å². The van der Waals surface area contributed by atoms with E-state index in [-0.39, 0.29) is 22.8 Å². The number of carboxylic acid groups (broad SMARTS) is 1. The lowest BCUT2D eigenvalue weighted by Crippen LogP contribution is -2.47. The average molecular weight is 293 g/mol. The molecule has 0 spiro atoms. The van der Waals surface area contributed by atoms with Gasteiger partial charge in [0.05, 0.1) is 0 Å². The molecule has 0 aromatic carbocycles. The maximum atomic E-state index is 12.7. The Labute approximate surface area is 124 Å². The Hall–Kier alpha value is -1.85. The highest BCUT2D eigenvalue weighted by molar-refractivity contribution is 5.95. The second-order valence-corrected chi connectivity index (χ2v) is 5.76. The standard InChI is InChI=1S/C15H23N3O3/c1-3-6-15(7-4-2)8-5-9-18(15)13(19)11-10-12(14(20)21)17-16-11/h10H,3-9H2,1-2H3,(H,16,17)(H,20,21). The number of carbonyl (C=O) groups is 2. The predicted octanol–water partition coefficient (Wildman–Crippen LogP) is 2.68. The minimum absolute atomic E-state index is 0.0471. The number of amides is 1. The van der Waals surface area contributed by atoms with Crippen molar-refractivity contribution in [3.8, 4) is 0 Å². The molecule has 0 atom stereocenters. The summed E-state index contributed by atoms with van der Waals surface area (Å²) in [6.07, 6.45) is 6.07. The summed E-state index contributed by atoms with van der Waals surface area (Å²) in [5.41, 5.74) is 0.0724. The Morgan fingerprint density at radius 1 is 1.38 bits per heavy atom. The van der Waals surface area contributed by atoms with Crippen molar-refractivity contribution < 1.29 is 14.7 Å². The highest BCUT2D eigenvalue weighted by atomic mass is 16.4. The van der Waals surface area contributed by atoms with Crippen molar-refractivity contribution >= 4 is 11.9 Å². The van der Waals surface area contributed by atoms with Crippen molar-refractivity contribution in [2.75, 3.05) is 6.54 Å². The van der Waals surface area contributed by atoms with E-state index >= 15 is 0 Å². The van der Waals surface area contributed by atoms with Crippen LogP contribution in [0, 0.1) is 0 Å². The van der Waals surface area contributed by atoms with Gasteiger partial charge in [-0.1, -0.05) is 26.7 Å². The van der Waals surface area contributed by atoms with Crippen LogP contribution in [0.1, 0.15) is 73.3 Å². The number of nitrogens with zero attached hydrogens (tertiary/aromatic N) is 2. The largest absolute Gasteiger partial charge is 0.477 e. The fourth-order valence-electron chi connectivity index (χ4n) is 3.51. The monoisotopic (exact) mass is 293 g/mol. The first-order valence-corrected chi connectivity index (χ1v) is 7.64. The van der Waals surface area contributed by atoms with E-state index in [2.05, 4.69) is 24.0 Å². The molecule has 1 amide bonds. The van der Waals surface area contributed by atoms with E-state index in [1.54, 1.807) is 0 Å². The van der Waals surface area contributed by atoms with Gasteiger partial charge in [0.2, 0.25) is 0 Å². The molecule has 0 unspecified atom stereocenters. The number of carboxylic acids is 1. The number of hydrogen-bond donors (Lipinski definition) is 2. The summed E-state index contributed by atoms with van der Waals surface area (Å²) in [6.45, 7) is 5.00. The third-order valence-corrected chi connectivity index (χ3v) is 4.30. The van der Waals surface area contributed by atoms with Gasteiger partial charge < -0.3 is 10.0 Å². The molecule has 2 heterocycles. The van der Waals surface area contributed by atoms with Crippen LogP contribution in [0.5, 0.6) is 0 Å². The number of nitrogens with one attached hydrogen (secondary N) is 1. The molecule has 1 saturated heterocycles. The van der Waals surface area contributed by atoms with Crippen molar-refractivity contribution in [2.45, 2.75) is 57.9 Å². The minimum Gasteiger partial charge on any atom is -0.477 e. The van der Waals surface area contributed by atoms with Gasteiger partial charge in [-0.15, -0.1) is 0 Å². The molecule has 21 heavy (non-hydrogen) atoms. The molecule has 0 bridgehead atoms. The third kappa shape index (κ3) is 2.94. The zero-order chi connectivity index (χ0) is 15.5. The van der Waals surface area contributed by atoms with E-state index in [1.165, 1.54) is 6.07 Å². The lowest BCUT2D eigenvalue weighted by atomic mass is 9.86. The van der Waals surface area contributed by atoms with Crippen LogP contribution in [-0.2, 0) is 0 Å². The Kier molecular flexibility index (Phi) is 4.65. The minimum atomic E-state index is -1.10. The number of aromatic carboxylic acids is 1. The number of aromatic amines is 1. The molecule has 6 nitrogen and oxygen atoms in total. The molecule has 6 heteroatoms. The number of carbonyl (C=O) groups excluding carboxylic acids is 1. The molecule has 2 N–H and O–H groups in total. The normalized spacial score (nSPS) is 17.1. The molecule has 0 aliphatic carbocycles. The first kappa shape index (κ1) is 15.5. The van der Waals surface area contributed by atoms with Crippen LogP contribution in [0.25, 0.3) is 0 Å². The van der Waals surface area contributed by atoms with Gasteiger partial charge in [0, 0.05) is 18.2 Å². The number of rotatable bonds is 6. The second-order valence-electron chi connectivity index (χ2n) is 5.76. The highest BCUT2D eigenvalue weighted by Crippen LogP contribution is 2.38. The topological polar surface area (TPSA) is 86.3 Å². The third-order valence-electron chi connectivity index (χ3n) is 4.30. The fourth-order valence-corrected chi connectivity index (χ4v) is 3.51. The van der Waals surface area contributed by atoms with Crippen LogP contribution in [0.2, 0.25) is 0 Å². The molecule has 1 aliphatic rings. The summed E-state index contributed by atoms with van der Waals surface area (Å²) in [4.78, 5) is 25.5. The highest BCUT2D eigenvalue weighted by Gasteiger charge is 2.42. The molecular weight excluding hydrogens is 270 g/mol. The molecule has 2 rings (SSSR count). The SMILES string of the molecule is CCCC1(CCC)CCCN1C(=O)c1cc(C(=O)O)[nH]n1. The lowest BCUT2D eigenvalue weighted by Gasteiger charge is -2.38. The van der Waals surface area contributed by atoms with Crippen molar-refractivity contribution in [2.24, 2.45) is 0 Å². The van der Waals surface area contributed by atoms with Gasteiger partial charge in [-0.05, 0) is 25.7 Å². The van der Waals surface area contributed by atoms with E-state index in [4.69, 9.17) is 5.11 Å². The summed E-state index contributed by atoms with van der Waals surface area (Å²) >= 11 is 0. The van der Waals surface area contributed by atoms with Crippen LogP contribution >= 0.6 is 0 Å². The van der Waals surface area contributed by atoms with E-state index in [0.29, 0.717) is 0 Å². The van der Waals surface area contributed by atoms with Gasteiger partial charge in [-0.2, -0.15) is 5.10 Å². The predicted molar refractivity (Wildman–Crippen MR) is 78.4 cm³/mol. The van der Waals surface area contributed by atoms with Gasteiger partial charge in [-0.3, -0.25) is 9.89 Å². The smallest absolute Gasteiger partial charge is 0.353 e. The second kappa shape index (κ2) is 6.28. The van der Waals surface area contributed by atoms with E-state index < -0.39 is 5.97 Å². The maximum Gasteiger partial charge on any atom is 0.353 e. The van der Waals surface area contributed by atoms with E-state index in [0.717, 1.165) is 45.1 Å². The number of likely N-dealkylation sites (tertiary alicyclic amines) is 1. The van der Waals surface area contributed by atoms with Crippen molar-refractivity contribution in [3.63, 3.8) is 0 Å². The summed E-state index contributed by atoms with van der Waals surface area (Å²) in [7, 11) is 0. The molecule has 1 aromatic heterocycles. The Balaban J connectivity index is 2.24. The van der Waals surface area contributed by atoms with Gasteiger partial charge >= 0.3 is 5.97 Å². The maximum absolute atomic E-state index is 12.7. The molecule has 0 radical (unpaired) electrons. The fraction of sp³-hybridized carbons (Fsp3) is 0.667. The first-order chi connectivity index (χ1) is 10.0. The van der Waals surface area contributed by atoms with Crippen LogP contribution in [0.4, 0.5) is 0 Å².